The highest BCUT2D eigenvalue weighted by Crippen LogP contribution is 2.20. The van der Waals surface area contributed by atoms with Gasteiger partial charge in [-0.05, 0) is 20.4 Å². The summed E-state index contributed by atoms with van der Waals surface area (Å²) >= 11 is 0. The van der Waals surface area contributed by atoms with Crippen LogP contribution >= 0.6 is 0 Å². The molecule has 5 nitrogen and oxygen atoms in total. The zero-order chi connectivity index (χ0) is 13.3. The summed E-state index contributed by atoms with van der Waals surface area (Å²) in [6, 6.07) is 0. The van der Waals surface area contributed by atoms with E-state index in [-0.39, 0.29) is 11.8 Å². The van der Waals surface area contributed by atoms with Crippen molar-refractivity contribution in [3.05, 3.63) is 0 Å². The molecule has 0 aromatic rings. The Labute approximate surface area is 105 Å². The molecule has 0 radical (unpaired) electrons. The molecule has 1 atom stereocenters. The molecule has 17 heavy (non-hydrogen) atoms. The predicted octanol–water partition coefficient (Wildman–Crippen LogP) is 0.681. The Bertz CT molecular complexity index is 189. The highest BCUT2D eigenvalue weighted by molar-refractivity contribution is 4.86. The zero-order valence-corrected chi connectivity index (χ0v) is 11.9. The smallest absolute Gasteiger partial charge is 0.158 e. The van der Waals surface area contributed by atoms with Crippen molar-refractivity contribution < 1.29 is 14.2 Å². The Morgan fingerprint density at radius 1 is 1.24 bits per heavy atom. The summed E-state index contributed by atoms with van der Waals surface area (Å²) < 4.78 is 15.5. The largest absolute Gasteiger partial charge is 0.385 e. The highest BCUT2D eigenvalue weighted by atomic mass is 16.7. The lowest BCUT2D eigenvalue weighted by Gasteiger charge is -2.39. The Morgan fingerprint density at radius 2 is 1.82 bits per heavy atom. The molecule has 5 heteroatoms. The van der Waals surface area contributed by atoms with Gasteiger partial charge < -0.3 is 19.9 Å². The molecule has 0 rings (SSSR count). The van der Waals surface area contributed by atoms with Crippen LogP contribution in [0.25, 0.3) is 0 Å². The van der Waals surface area contributed by atoms with Gasteiger partial charge in [0.2, 0.25) is 0 Å². The van der Waals surface area contributed by atoms with Crippen molar-refractivity contribution in [3.63, 3.8) is 0 Å². The maximum absolute atomic E-state index is 5.89. The van der Waals surface area contributed by atoms with E-state index in [4.69, 9.17) is 19.9 Å². The fourth-order valence-electron chi connectivity index (χ4n) is 1.73. The Balaban J connectivity index is 4.31. The van der Waals surface area contributed by atoms with Gasteiger partial charge in [-0.25, -0.2) is 0 Å². The molecule has 0 aliphatic carbocycles. The normalized spacial score (nSPS) is 15.5. The molecular weight excluding hydrogens is 220 g/mol. The molecule has 0 aromatic carbocycles. The summed E-state index contributed by atoms with van der Waals surface area (Å²) in [5, 5.41) is 0. The van der Waals surface area contributed by atoms with Gasteiger partial charge in [-0.2, -0.15) is 0 Å². The number of methoxy groups -OCH3 is 3. The average molecular weight is 248 g/mol. The fraction of sp³-hybridized carbons (Fsp3) is 1.00. The minimum Gasteiger partial charge on any atom is -0.385 e. The van der Waals surface area contributed by atoms with E-state index in [1.165, 1.54) is 0 Å². The van der Waals surface area contributed by atoms with Crippen molar-refractivity contribution >= 4 is 0 Å². The van der Waals surface area contributed by atoms with Crippen molar-refractivity contribution in [3.8, 4) is 0 Å². The molecule has 0 amide bonds. The van der Waals surface area contributed by atoms with Gasteiger partial charge in [-0.3, -0.25) is 4.90 Å². The quantitative estimate of drug-likeness (QED) is 0.455. The van der Waals surface area contributed by atoms with Crippen LogP contribution in [0.2, 0.25) is 0 Å². The van der Waals surface area contributed by atoms with Gasteiger partial charge in [0.15, 0.2) is 6.29 Å². The topological polar surface area (TPSA) is 57.0 Å². The maximum Gasteiger partial charge on any atom is 0.158 e. The third-order valence-electron chi connectivity index (χ3n) is 3.34. The van der Waals surface area contributed by atoms with E-state index in [0.717, 1.165) is 26.0 Å². The van der Waals surface area contributed by atoms with E-state index in [9.17, 15) is 0 Å². The molecule has 104 valence electrons. The first kappa shape index (κ1) is 16.8. The maximum atomic E-state index is 5.89. The first-order chi connectivity index (χ1) is 8.03. The molecule has 0 aromatic heterocycles. The van der Waals surface area contributed by atoms with Gasteiger partial charge in [0.05, 0.1) is 0 Å². The predicted molar refractivity (Wildman–Crippen MR) is 69.0 cm³/mol. The van der Waals surface area contributed by atoms with Gasteiger partial charge in [-0.1, -0.05) is 0 Å². The minimum absolute atomic E-state index is 0.121. The third kappa shape index (κ3) is 5.79. The molecule has 0 bridgehead atoms. The van der Waals surface area contributed by atoms with Crippen LogP contribution in [0.15, 0.2) is 0 Å². The van der Waals surface area contributed by atoms with Crippen LogP contribution < -0.4 is 5.73 Å². The first-order valence-electron chi connectivity index (χ1n) is 6.00. The molecule has 2 N–H and O–H groups in total. The van der Waals surface area contributed by atoms with E-state index in [1.807, 2.05) is 0 Å². The standard InChI is InChI=1S/C12H28N2O3/c1-12(10-13,9-11(16-4)17-5)14(2)7-6-8-15-3/h11H,6-10,13H2,1-5H3. The van der Waals surface area contributed by atoms with Gasteiger partial charge >= 0.3 is 0 Å². The second-order valence-electron chi connectivity index (χ2n) is 4.57. The summed E-state index contributed by atoms with van der Waals surface area (Å²) in [6.45, 7) is 4.41. The number of hydrogen-bond acceptors (Lipinski definition) is 5. The summed E-state index contributed by atoms with van der Waals surface area (Å²) in [7, 11) is 7.09. The fourth-order valence-corrected chi connectivity index (χ4v) is 1.73. The van der Waals surface area contributed by atoms with Gasteiger partial charge in [0.25, 0.3) is 0 Å². The summed E-state index contributed by atoms with van der Waals surface area (Å²) in [5.41, 5.74) is 5.77. The van der Waals surface area contributed by atoms with Gasteiger partial charge in [0.1, 0.15) is 0 Å². The van der Waals surface area contributed by atoms with Crippen molar-refractivity contribution in [2.75, 3.05) is 48.1 Å². The molecule has 0 heterocycles. The molecule has 1 unspecified atom stereocenters. The number of rotatable bonds is 10. The van der Waals surface area contributed by atoms with Gasteiger partial charge in [-0.15, -0.1) is 0 Å². The summed E-state index contributed by atoms with van der Waals surface area (Å²) in [6.07, 6.45) is 1.53. The average Bonchev–Trinajstić information content (AvgIpc) is 2.35. The number of nitrogens with two attached hydrogens (primary N) is 1. The van der Waals surface area contributed by atoms with Crippen molar-refractivity contribution in [2.45, 2.75) is 31.6 Å². The minimum atomic E-state index is -0.214. The molecule has 0 aliphatic heterocycles. The van der Waals surface area contributed by atoms with Crippen LogP contribution in [-0.4, -0.2) is 64.8 Å². The first-order valence-corrected chi connectivity index (χ1v) is 6.00. The second-order valence-corrected chi connectivity index (χ2v) is 4.57. The van der Waals surface area contributed by atoms with Crippen molar-refractivity contribution in [1.29, 1.82) is 0 Å². The molecule has 0 saturated carbocycles. The van der Waals surface area contributed by atoms with Crippen LogP contribution in [0.1, 0.15) is 19.8 Å². The summed E-state index contributed by atoms with van der Waals surface area (Å²) in [5.74, 6) is 0. The van der Waals surface area contributed by atoms with Gasteiger partial charge in [0, 0.05) is 53.0 Å². The number of nitrogens with zero attached hydrogens (tertiary/aromatic N) is 1. The third-order valence-corrected chi connectivity index (χ3v) is 3.34. The van der Waals surface area contributed by atoms with Crippen LogP contribution in [0.3, 0.4) is 0 Å². The molecule has 0 saturated heterocycles. The number of hydrogen-bond donors (Lipinski definition) is 1. The van der Waals surface area contributed by atoms with Crippen LogP contribution in [-0.2, 0) is 14.2 Å². The highest BCUT2D eigenvalue weighted by Gasteiger charge is 2.31. The van der Waals surface area contributed by atoms with E-state index in [2.05, 4.69) is 18.9 Å². The van der Waals surface area contributed by atoms with Crippen molar-refractivity contribution in [2.24, 2.45) is 5.73 Å². The van der Waals surface area contributed by atoms with E-state index < -0.39 is 0 Å². The Hall–Kier alpha value is -0.200. The molecule has 0 spiro atoms. The monoisotopic (exact) mass is 248 g/mol. The number of ether oxygens (including phenoxy) is 3. The lowest BCUT2D eigenvalue weighted by molar-refractivity contribution is -0.127. The van der Waals surface area contributed by atoms with Crippen LogP contribution in [0.4, 0.5) is 0 Å². The van der Waals surface area contributed by atoms with Crippen LogP contribution in [0, 0.1) is 0 Å². The second kappa shape index (κ2) is 8.83. The molecule has 0 aliphatic rings. The number of likely N-dealkylation sites (N-methyl/N-ethyl adjacent to an activating group) is 1. The van der Waals surface area contributed by atoms with E-state index >= 15 is 0 Å². The SMILES string of the molecule is COCCCN(C)C(C)(CN)CC(OC)OC. The molecule has 0 fully saturated rings. The lowest BCUT2D eigenvalue weighted by Crippen LogP contribution is -2.52. The van der Waals surface area contributed by atoms with E-state index in [0.29, 0.717) is 6.54 Å². The lowest BCUT2D eigenvalue weighted by atomic mass is 9.95. The van der Waals surface area contributed by atoms with Crippen molar-refractivity contribution in [1.82, 2.24) is 4.90 Å². The Kier molecular flexibility index (Phi) is 8.72. The zero-order valence-electron chi connectivity index (χ0n) is 11.9. The van der Waals surface area contributed by atoms with Crippen LogP contribution in [0.5, 0.6) is 0 Å². The summed E-state index contributed by atoms with van der Waals surface area (Å²) in [4.78, 5) is 2.25. The Morgan fingerprint density at radius 3 is 2.24 bits per heavy atom. The molecular formula is C12H28N2O3. The van der Waals surface area contributed by atoms with E-state index in [1.54, 1.807) is 21.3 Å².